The highest BCUT2D eigenvalue weighted by atomic mass is 79.9. The Balaban J connectivity index is 1.70. The number of rotatable bonds is 1. The number of halogens is 1. The Morgan fingerprint density at radius 3 is 2.62 bits per heavy atom. The molecule has 1 aliphatic carbocycles. The number of benzene rings is 3. The van der Waals surface area contributed by atoms with Crippen molar-refractivity contribution in [2.45, 2.75) is 18.4 Å². The van der Waals surface area contributed by atoms with Gasteiger partial charge in [0.2, 0.25) is 0 Å². The van der Waals surface area contributed by atoms with E-state index in [0.717, 1.165) is 10.9 Å². The molecule has 3 atom stereocenters. The zero-order valence-electron chi connectivity index (χ0n) is 13.2. The van der Waals surface area contributed by atoms with E-state index in [2.05, 4.69) is 94.1 Å². The number of para-hydroxylation sites is 1. The molecule has 1 N–H and O–H groups in total. The summed E-state index contributed by atoms with van der Waals surface area (Å²) in [6, 6.07) is 22.3. The van der Waals surface area contributed by atoms with Gasteiger partial charge in [0, 0.05) is 10.4 Å². The number of anilines is 1. The summed E-state index contributed by atoms with van der Waals surface area (Å²) >= 11 is 3.74. The molecule has 0 unspecified atom stereocenters. The number of fused-ring (bicyclic) bond motifs is 4. The van der Waals surface area contributed by atoms with E-state index in [0.29, 0.717) is 17.9 Å². The van der Waals surface area contributed by atoms with E-state index in [4.69, 9.17) is 0 Å². The maximum Gasteiger partial charge on any atom is 0.0560 e. The van der Waals surface area contributed by atoms with Crippen molar-refractivity contribution in [3.05, 3.63) is 88.4 Å². The van der Waals surface area contributed by atoms with E-state index >= 15 is 0 Å². The van der Waals surface area contributed by atoms with Crippen LogP contribution >= 0.6 is 15.9 Å². The van der Waals surface area contributed by atoms with E-state index in [1.54, 1.807) is 0 Å². The van der Waals surface area contributed by atoms with Crippen molar-refractivity contribution in [2.24, 2.45) is 5.92 Å². The molecule has 0 fully saturated rings. The summed E-state index contributed by atoms with van der Waals surface area (Å²) in [4.78, 5) is 0. The highest BCUT2D eigenvalue weighted by Crippen LogP contribution is 2.52. The van der Waals surface area contributed by atoms with Crippen molar-refractivity contribution in [3.8, 4) is 0 Å². The fraction of sp³-hybridized carbons (Fsp3) is 0.182. The molecule has 0 saturated heterocycles. The van der Waals surface area contributed by atoms with Gasteiger partial charge in [0.25, 0.3) is 0 Å². The van der Waals surface area contributed by atoms with Gasteiger partial charge in [0.1, 0.15) is 0 Å². The van der Waals surface area contributed by atoms with Crippen LogP contribution in [0.2, 0.25) is 0 Å². The first-order valence-electron chi connectivity index (χ1n) is 8.52. The lowest BCUT2D eigenvalue weighted by molar-refractivity contribution is 0.427. The van der Waals surface area contributed by atoms with Crippen molar-refractivity contribution < 1.29 is 0 Å². The number of hydrogen-bond donors (Lipinski definition) is 1. The first-order valence-corrected chi connectivity index (χ1v) is 9.31. The van der Waals surface area contributed by atoms with E-state index in [-0.39, 0.29) is 0 Å². The standard InChI is InChI=1S/C22H18BrN/c23-20-13-5-12-19-16-9-4-11-18(16)21(24-22(19)20)17-10-3-7-14-6-1-2-8-15(14)17/h1-10,12-13,16,18,21,24H,11H2/t16-,18-,21+/m0/s1. The van der Waals surface area contributed by atoms with Gasteiger partial charge in [-0.25, -0.2) is 0 Å². The van der Waals surface area contributed by atoms with Crippen molar-refractivity contribution in [3.63, 3.8) is 0 Å². The van der Waals surface area contributed by atoms with Crippen molar-refractivity contribution in [1.29, 1.82) is 0 Å². The summed E-state index contributed by atoms with van der Waals surface area (Å²) in [6.07, 6.45) is 5.89. The van der Waals surface area contributed by atoms with Crippen LogP contribution in [-0.2, 0) is 0 Å². The van der Waals surface area contributed by atoms with E-state index in [1.807, 2.05) is 0 Å². The molecule has 5 rings (SSSR count). The van der Waals surface area contributed by atoms with Gasteiger partial charge in [0.05, 0.1) is 11.7 Å². The Labute approximate surface area is 150 Å². The maximum absolute atomic E-state index is 3.86. The van der Waals surface area contributed by atoms with Gasteiger partial charge in [0.15, 0.2) is 0 Å². The van der Waals surface area contributed by atoms with Gasteiger partial charge in [-0.15, -0.1) is 0 Å². The average molecular weight is 376 g/mol. The molecule has 3 aromatic carbocycles. The average Bonchev–Trinajstić information content (AvgIpc) is 3.11. The van der Waals surface area contributed by atoms with Crippen LogP contribution < -0.4 is 5.32 Å². The van der Waals surface area contributed by atoms with Gasteiger partial charge in [-0.3, -0.25) is 0 Å². The summed E-state index contributed by atoms with van der Waals surface area (Å²) in [5.74, 6) is 1.08. The molecule has 2 aliphatic rings. The molecule has 118 valence electrons. The zero-order valence-corrected chi connectivity index (χ0v) is 14.8. The summed E-state index contributed by atoms with van der Waals surface area (Å²) in [6.45, 7) is 0. The molecule has 0 saturated carbocycles. The third-order valence-electron chi connectivity index (χ3n) is 5.50. The third-order valence-corrected chi connectivity index (χ3v) is 6.17. The van der Waals surface area contributed by atoms with Crippen LogP contribution in [0.25, 0.3) is 10.8 Å². The van der Waals surface area contributed by atoms with Crippen LogP contribution in [0.15, 0.2) is 77.3 Å². The Morgan fingerprint density at radius 1 is 0.875 bits per heavy atom. The van der Waals surface area contributed by atoms with Gasteiger partial charge < -0.3 is 5.32 Å². The Morgan fingerprint density at radius 2 is 1.67 bits per heavy atom. The summed E-state index contributed by atoms with van der Waals surface area (Å²) in [7, 11) is 0. The van der Waals surface area contributed by atoms with Crippen LogP contribution in [0.4, 0.5) is 5.69 Å². The molecule has 1 heterocycles. The Bertz CT molecular complexity index is 954. The fourth-order valence-electron chi connectivity index (χ4n) is 4.41. The predicted molar refractivity (Wildman–Crippen MR) is 104 cm³/mol. The Hall–Kier alpha value is -2.06. The molecular weight excluding hydrogens is 358 g/mol. The fourth-order valence-corrected chi connectivity index (χ4v) is 4.91. The second kappa shape index (κ2) is 5.49. The predicted octanol–water partition coefficient (Wildman–Crippen LogP) is 6.43. The third kappa shape index (κ3) is 2.06. The second-order valence-corrected chi connectivity index (χ2v) is 7.60. The topological polar surface area (TPSA) is 12.0 Å². The molecule has 0 aromatic heterocycles. The number of nitrogens with one attached hydrogen (secondary N) is 1. The largest absolute Gasteiger partial charge is 0.377 e. The highest BCUT2D eigenvalue weighted by molar-refractivity contribution is 9.10. The summed E-state index contributed by atoms with van der Waals surface area (Å²) in [5, 5.41) is 6.53. The van der Waals surface area contributed by atoms with Crippen molar-refractivity contribution in [2.75, 3.05) is 5.32 Å². The molecule has 1 aliphatic heterocycles. The van der Waals surface area contributed by atoms with Gasteiger partial charge in [-0.2, -0.15) is 0 Å². The lowest BCUT2D eigenvalue weighted by Gasteiger charge is -2.38. The Kier molecular flexibility index (Phi) is 3.27. The number of allylic oxidation sites excluding steroid dienone is 2. The van der Waals surface area contributed by atoms with Gasteiger partial charge in [-0.05, 0) is 56.2 Å². The molecule has 2 heteroatoms. The van der Waals surface area contributed by atoms with Crippen LogP contribution in [0.3, 0.4) is 0 Å². The minimum absolute atomic E-state index is 0.335. The maximum atomic E-state index is 3.86. The summed E-state index contributed by atoms with van der Waals surface area (Å²) in [5.41, 5.74) is 4.08. The minimum Gasteiger partial charge on any atom is -0.377 e. The molecule has 0 amide bonds. The number of hydrogen-bond acceptors (Lipinski definition) is 1. The van der Waals surface area contributed by atoms with Crippen LogP contribution in [0.1, 0.15) is 29.5 Å². The smallest absolute Gasteiger partial charge is 0.0560 e. The first-order chi connectivity index (χ1) is 11.8. The molecule has 0 bridgehead atoms. The zero-order chi connectivity index (χ0) is 16.1. The lowest BCUT2D eigenvalue weighted by atomic mass is 9.76. The van der Waals surface area contributed by atoms with Gasteiger partial charge >= 0.3 is 0 Å². The second-order valence-electron chi connectivity index (χ2n) is 6.75. The van der Waals surface area contributed by atoms with Gasteiger partial charge in [-0.1, -0.05) is 66.7 Å². The normalized spacial score (nSPS) is 24.5. The molecular formula is C22H18BrN. The molecule has 0 radical (unpaired) electrons. The van der Waals surface area contributed by atoms with E-state index in [9.17, 15) is 0 Å². The van der Waals surface area contributed by atoms with Crippen LogP contribution in [-0.4, -0.2) is 0 Å². The van der Waals surface area contributed by atoms with E-state index in [1.165, 1.54) is 27.6 Å². The SMILES string of the molecule is Brc1cccc2c1N[C@H](c1cccc3ccccc13)[C@H]1CC=C[C@H]21. The van der Waals surface area contributed by atoms with E-state index < -0.39 is 0 Å². The van der Waals surface area contributed by atoms with Crippen LogP contribution in [0.5, 0.6) is 0 Å². The molecule has 1 nitrogen and oxygen atoms in total. The quantitative estimate of drug-likeness (QED) is 0.483. The molecule has 3 aromatic rings. The van der Waals surface area contributed by atoms with Crippen molar-refractivity contribution >= 4 is 32.4 Å². The molecule has 24 heavy (non-hydrogen) atoms. The molecule has 0 spiro atoms. The highest BCUT2D eigenvalue weighted by Gasteiger charge is 2.38. The van der Waals surface area contributed by atoms with Crippen LogP contribution in [0, 0.1) is 5.92 Å². The monoisotopic (exact) mass is 375 g/mol. The first kappa shape index (κ1) is 14.3. The minimum atomic E-state index is 0.335. The van der Waals surface area contributed by atoms with Crippen molar-refractivity contribution in [1.82, 2.24) is 0 Å². The summed E-state index contributed by atoms with van der Waals surface area (Å²) < 4.78 is 1.16. The lowest BCUT2D eigenvalue weighted by Crippen LogP contribution is -2.29.